The minimum Gasteiger partial charge on any atom is -0.467 e. The van der Waals surface area contributed by atoms with Gasteiger partial charge in [0.25, 0.3) is 5.91 Å². The number of likely N-dealkylation sites (tertiary alicyclic amines) is 1. The molecule has 4 rings (SSSR count). The fourth-order valence-corrected chi connectivity index (χ4v) is 4.01. The summed E-state index contributed by atoms with van der Waals surface area (Å²) in [6.45, 7) is 3.93. The van der Waals surface area contributed by atoms with Crippen molar-refractivity contribution in [1.29, 1.82) is 0 Å². The Hall–Kier alpha value is -2.11. The van der Waals surface area contributed by atoms with Gasteiger partial charge in [-0.2, -0.15) is 5.10 Å². The van der Waals surface area contributed by atoms with Crippen LogP contribution in [0.4, 0.5) is 0 Å². The molecular weight excluding hydrogens is 362 g/mol. The van der Waals surface area contributed by atoms with E-state index in [1.807, 2.05) is 43.3 Å². The van der Waals surface area contributed by atoms with Crippen molar-refractivity contribution in [3.8, 4) is 0 Å². The summed E-state index contributed by atoms with van der Waals surface area (Å²) in [6.07, 6.45) is 5.83. The van der Waals surface area contributed by atoms with E-state index >= 15 is 0 Å². The SMILES string of the molecule is C[C@H](C(=O)N1N=C(c2ccc(Cl)cc2)C[C@H]1c1ccco1)N1CCCCC1. The van der Waals surface area contributed by atoms with Gasteiger partial charge < -0.3 is 4.42 Å². The number of nitrogens with zero attached hydrogens (tertiary/aromatic N) is 3. The standard InChI is InChI=1S/C21H24ClN3O2/c1-15(24-11-3-2-4-12-24)21(26)25-19(20-6-5-13-27-20)14-18(23-25)16-7-9-17(22)10-8-16/h5-10,13,15,19H,2-4,11-12,14H2,1H3/t15-,19+/m1/s1. The Bertz CT molecular complexity index is 810. The van der Waals surface area contributed by atoms with Crippen molar-refractivity contribution in [2.45, 2.75) is 44.7 Å². The second-order valence-electron chi connectivity index (χ2n) is 7.24. The van der Waals surface area contributed by atoms with Gasteiger partial charge in [-0.15, -0.1) is 0 Å². The Labute approximate surface area is 164 Å². The van der Waals surface area contributed by atoms with Gasteiger partial charge in [-0.1, -0.05) is 30.2 Å². The fraction of sp³-hybridized carbons (Fsp3) is 0.429. The van der Waals surface area contributed by atoms with Crippen LogP contribution in [0.3, 0.4) is 0 Å². The molecule has 1 saturated heterocycles. The summed E-state index contributed by atoms with van der Waals surface area (Å²) >= 11 is 6.01. The molecule has 3 heterocycles. The molecule has 2 atom stereocenters. The number of furan rings is 1. The lowest BCUT2D eigenvalue weighted by Crippen LogP contribution is -2.47. The van der Waals surface area contributed by atoms with E-state index in [-0.39, 0.29) is 18.0 Å². The number of benzene rings is 1. The highest BCUT2D eigenvalue weighted by atomic mass is 35.5. The van der Waals surface area contributed by atoms with Gasteiger partial charge in [-0.3, -0.25) is 9.69 Å². The highest BCUT2D eigenvalue weighted by Crippen LogP contribution is 2.34. The molecule has 0 spiro atoms. The molecule has 142 valence electrons. The molecular formula is C21H24ClN3O2. The summed E-state index contributed by atoms with van der Waals surface area (Å²) in [5.41, 5.74) is 1.86. The van der Waals surface area contributed by atoms with E-state index in [1.165, 1.54) is 6.42 Å². The molecule has 0 N–H and O–H groups in total. The normalized spacial score (nSPS) is 21.9. The van der Waals surface area contributed by atoms with Crippen molar-refractivity contribution in [1.82, 2.24) is 9.91 Å². The van der Waals surface area contributed by atoms with Crippen molar-refractivity contribution >= 4 is 23.2 Å². The molecule has 27 heavy (non-hydrogen) atoms. The van der Waals surface area contributed by atoms with Crippen molar-refractivity contribution in [2.75, 3.05) is 13.1 Å². The zero-order valence-corrected chi connectivity index (χ0v) is 16.2. The van der Waals surface area contributed by atoms with Crippen LogP contribution in [0.2, 0.25) is 5.02 Å². The quantitative estimate of drug-likeness (QED) is 0.779. The lowest BCUT2D eigenvalue weighted by molar-refractivity contribution is -0.139. The third kappa shape index (κ3) is 3.80. The minimum atomic E-state index is -0.203. The van der Waals surface area contributed by atoms with Crippen LogP contribution in [0.15, 0.2) is 52.2 Å². The van der Waals surface area contributed by atoms with E-state index < -0.39 is 0 Å². The van der Waals surface area contributed by atoms with Crippen LogP contribution in [0.25, 0.3) is 0 Å². The second-order valence-corrected chi connectivity index (χ2v) is 7.68. The maximum atomic E-state index is 13.3. The Kier molecular flexibility index (Phi) is 5.32. The van der Waals surface area contributed by atoms with Gasteiger partial charge in [0, 0.05) is 11.4 Å². The summed E-state index contributed by atoms with van der Waals surface area (Å²) in [5.74, 6) is 0.796. The lowest BCUT2D eigenvalue weighted by Gasteiger charge is -2.33. The first-order chi connectivity index (χ1) is 13.1. The van der Waals surface area contributed by atoms with Crippen LogP contribution in [0.5, 0.6) is 0 Å². The van der Waals surface area contributed by atoms with Gasteiger partial charge in [0.05, 0.1) is 18.0 Å². The Morgan fingerprint density at radius 2 is 1.93 bits per heavy atom. The first-order valence-corrected chi connectivity index (χ1v) is 9.95. The number of amides is 1. The number of hydrogen-bond donors (Lipinski definition) is 0. The molecule has 2 aromatic rings. The molecule has 0 radical (unpaired) electrons. The van der Waals surface area contributed by atoms with Crippen LogP contribution in [-0.2, 0) is 4.79 Å². The molecule has 0 unspecified atom stereocenters. The molecule has 0 aliphatic carbocycles. The van der Waals surface area contributed by atoms with E-state index in [9.17, 15) is 4.79 Å². The number of hydrogen-bond acceptors (Lipinski definition) is 4. The summed E-state index contributed by atoms with van der Waals surface area (Å²) in [4.78, 5) is 15.6. The van der Waals surface area contributed by atoms with E-state index in [2.05, 4.69) is 4.90 Å². The van der Waals surface area contributed by atoms with Gasteiger partial charge in [0.15, 0.2) is 0 Å². The van der Waals surface area contributed by atoms with Crippen molar-refractivity contribution in [3.05, 3.63) is 59.0 Å². The maximum absolute atomic E-state index is 13.3. The Morgan fingerprint density at radius 3 is 2.59 bits per heavy atom. The summed E-state index contributed by atoms with van der Waals surface area (Å²) < 4.78 is 5.62. The fourth-order valence-electron chi connectivity index (χ4n) is 3.89. The number of carbonyl (C=O) groups excluding carboxylic acids is 1. The topological polar surface area (TPSA) is 49.1 Å². The smallest absolute Gasteiger partial charge is 0.260 e. The number of halogens is 1. The third-order valence-corrected chi connectivity index (χ3v) is 5.73. The molecule has 5 nitrogen and oxygen atoms in total. The van der Waals surface area contributed by atoms with E-state index in [4.69, 9.17) is 21.1 Å². The molecule has 1 aromatic heterocycles. The molecule has 0 saturated carbocycles. The zero-order chi connectivity index (χ0) is 18.8. The number of hydrazone groups is 1. The van der Waals surface area contributed by atoms with Gasteiger partial charge in [0.1, 0.15) is 11.8 Å². The monoisotopic (exact) mass is 385 g/mol. The average Bonchev–Trinajstić information content (AvgIpc) is 3.38. The van der Waals surface area contributed by atoms with Crippen LogP contribution >= 0.6 is 11.6 Å². The van der Waals surface area contributed by atoms with Crippen LogP contribution in [0, 0.1) is 0 Å². The Morgan fingerprint density at radius 1 is 1.19 bits per heavy atom. The van der Waals surface area contributed by atoms with Crippen LogP contribution in [-0.4, -0.2) is 40.7 Å². The highest BCUT2D eigenvalue weighted by molar-refractivity contribution is 6.30. The van der Waals surface area contributed by atoms with Gasteiger partial charge in [-0.05, 0) is 62.7 Å². The average molecular weight is 386 g/mol. The zero-order valence-electron chi connectivity index (χ0n) is 15.5. The number of rotatable bonds is 4. The second kappa shape index (κ2) is 7.87. The molecule has 1 amide bonds. The minimum absolute atomic E-state index is 0.0299. The summed E-state index contributed by atoms with van der Waals surface area (Å²) in [7, 11) is 0. The molecule has 1 fully saturated rings. The van der Waals surface area contributed by atoms with E-state index in [0.717, 1.165) is 43.0 Å². The molecule has 6 heteroatoms. The highest BCUT2D eigenvalue weighted by Gasteiger charge is 2.38. The largest absolute Gasteiger partial charge is 0.467 e. The van der Waals surface area contributed by atoms with Gasteiger partial charge >= 0.3 is 0 Å². The maximum Gasteiger partial charge on any atom is 0.260 e. The van der Waals surface area contributed by atoms with E-state index in [0.29, 0.717) is 11.4 Å². The Balaban J connectivity index is 1.61. The number of carbonyl (C=O) groups is 1. The molecule has 0 bridgehead atoms. The van der Waals surface area contributed by atoms with Crippen molar-refractivity contribution in [2.24, 2.45) is 5.10 Å². The molecule has 2 aliphatic rings. The predicted octanol–water partition coefficient (Wildman–Crippen LogP) is 4.49. The lowest BCUT2D eigenvalue weighted by atomic mass is 10.0. The third-order valence-electron chi connectivity index (χ3n) is 5.48. The predicted molar refractivity (Wildman–Crippen MR) is 106 cm³/mol. The summed E-state index contributed by atoms with van der Waals surface area (Å²) in [5, 5.41) is 7.03. The van der Waals surface area contributed by atoms with Crippen LogP contribution < -0.4 is 0 Å². The first kappa shape index (κ1) is 18.3. The van der Waals surface area contributed by atoms with Gasteiger partial charge in [-0.25, -0.2) is 5.01 Å². The van der Waals surface area contributed by atoms with E-state index in [1.54, 1.807) is 11.3 Å². The van der Waals surface area contributed by atoms with Gasteiger partial charge in [0.2, 0.25) is 0 Å². The van der Waals surface area contributed by atoms with Crippen LogP contribution in [0.1, 0.15) is 50.0 Å². The number of piperidine rings is 1. The van der Waals surface area contributed by atoms with Crippen molar-refractivity contribution < 1.29 is 9.21 Å². The molecule has 1 aromatic carbocycles. The van der Waals surface area contributed by atoms with Crippen molar-refractivity contribution in [3.63, 3.8) is 0 Å². The molecule has 2 aliphatic heterocycles. The summed E-state index contributed by atoms with van der Waals surface area (Å²) in [6, 6.07) is 11.0. The first-order valence-electron chi connectivity index (χ1n) is 9.57.